The fourth-order valence-corrected chi connectivity index (χ4v) is 3.33. The molecule has 0 aliphatic carbocycles. The van der Waals surface area contributed by atoms with Gasteiger partial charge in [-0.3, -0.25) is 4.79 Å². The number of carbonyl (C=O) groups is 1. The highest BCUT2D eigenvalue weighted by atomic mass is 35.5. The molecule has 25 heavy (non-hydrogen) atoms. The Morgan fingerprint density at radius 2 is 1.80 bits per heavy atom. The van der Waals surface area contributed by atoms with Crippen molar-refractivity contribution in [1.29, 1.82) is 0 Å². The SMILES string of the molecule is NS(=O)(=O)c1ccc(CCNC(=O)c2[nH]c3ccccc3c2Cl)cc1. The number of fused-ring (bicyclic) bond motifs is 1. The molecule has 4 N–H and O–H groups in total. The minimum Gasteiger partial charge on any atom is -0.350 e. The van der Waals surface area contributed by atoms with Gasteiger partial charge >= 0.3 is 0 Å². The molecule has 0 bridgehead atoms. The van der Waals surface area contributed by atoms with E-state index in [1.54, 1.807) is 12.1 Å². The minimum absolute atomic E-state index is 0.0603. The zero-order chi connectivity index (χ0) is 18.0. The third-order valence-corrected chi connectivity index (χ3v) is 5.14. The molecule has 1 heterocycles. The fraction of sp³-hybridized carbons (Fsp3) is 0.118. The summed E-state index contributed by atoms with van der Waals surface area (Å²) >= 11 is 6.25. The number of para-hydroxylation sites is 1. The number of sulfonamides is 1. The Morgan fingerprint density at radius 1 is 1.12 bits per heavy atom. The number of nitrogens with one attached hydrogen (secondary N) is 2. The summed E-state index contributed by atoms with van der Waals surface area (Å²) in [7, 11) is -3.70. The molecule has 3 aromatic rings. The normalized spacial score (nSPS) is 11.6. The average Bonchev–Trinajstić information content (AvgIpc) is 2.92. The molecule has 130 valence electrons. The van der Waals surface area contributed by atoms with E-state index in [1.165, 1.54) is 12.1 Å². The van der Waals surface area contributed by atoms with Gasteiger partial charge in [-0.2, -0.15) is 0 Å². The molecule has 0 unspecified atom stereocenters. The molecule has 0 saturated heterocycles. The van der Waals surface area contributed by atoms with Crippen molar-refractivity contribution >= 4 is 38.4 Å². The van der Waals surface area contributed by atoms with Crippen LogP contribution in [0.4, 0.5) is 0 Å². The van der Waals surface area contributed by atoms with Gasteiger partial charge in [-0.1, -0.05) is 41.9 Å². The molecule has 1 amide bonds. The van der Waals surface area contributed by atoms with Crippen molar-refractivity contribution in [1.82, 2.24) is 10.3 Å². The summed E-state index contributed by atoms with van der Waals surface area (Å²) in [6, 6.07) is 13.6. The van der Waals surface area contributed by atoms with Crippen LogP contribution in [0.2, 0.25) is 5.02 Å². The first-order chi connectivity index (χ1) is 11.9. The number of primary sulfonamides is 1. The highest BCUT2D eigenvalue weighted by Crippen LogP contribution is 2.26. The Kier molecular flexibility index (Phi) is 4.80. The number of H-pyrrole nitrogens is 1. The Bertz CT molecular complexity index is 1030. The van der Waals surface area contributed by atoms with Gasteiger partial charge in [0.15, 0.2) is 0 Å². The van der Waals surface area contributed by atoms with Gasteiger partial charge in [0.05, 0.1) is 9.92 Å². The lowest BCUT2D eigenvalue weighted by molar-refractivity contribution is 0.0950. The van der Waals surface area contributed by atoms with Gasteiger partial charge in [0.25, 0.3) is 5.91 Å². The molecule has 3 rings (SSSR count). The summed E-state index contributed by atoms with van der Waals surface area (Å²) < 4.78 is 22.4. The number of hydrogen-bond donors (Lipinski definition) is 3. The van der Waals surface area contributed by atoms with Crippen LogP contribution in [0.5, 0.6) is 0 Å². The molecular formula is C17H16ClN3O3S. The number of halogens is 1. The predicted octanol–water partition coefficient (Wildman–Crippen LogP) is 2.44. The maximum Gasteiger partial charge on any atom is 0.269 e. The van der Waals surface area contributed by atoms with Crippen LogP contribution >= 0.6 is 11.6 Å². The van der Waals surface area contributed by atoms with E-state index in [0.29, 0.717) is 23.7 Å². The molecule has 6 nitrogen and oxygen atoms in total. The van der Waals surface area contributed by atoms with E-state index in [1.807, 2.05) is 24.3 Å². The molecule has 0 fully saturated rings. The molecule has 2 aromatic carbocycles. The van der Waals surface area contributed by atoms with Gasteiger partial charge in [0.2, 0.25) is 10.0 Å². The number of hydrogen-bond acceptors (Lipinski definition) is 3. The molecular weight excluding hydrogens is 362 g/mol. The molecule has 0 radical (unpaired) electrons. The zero-order valence-corrected chi connectivity index (χ0v) is 14.7. The second-order valence-electron chi connectivity index (χ2n) is 5.55. The van der Waals surface area contributed by atoms with Crippen LogP contribution in [-0.2, 0) is 16.4 Å². The Labute approximate surface area is 150 Å². The van der Waals surface area contributed by atoms with Gasteiger partial charge in [-0.25, -0.2) is 13.6 Å². The quantitative estimate of drug-likeness (QED) is 0.635. The Balaban J connectivity index is 1.63. The lowest BCUT2D eigenvalue weighted by atomic mass is 10.1. The Hall–Kier alpha value is -2.35. The summed E-state index contributed by atoms with van der Waals surface area (Å²) in [6.45, 7) is 0.388. The van der Waals surface area contributed by atoms with Crippen molar-refractivity contribution in [2.75, 3.05) is 6.54 Å². The molecule has 0 atom stereocenters. The van der Waals surface area contributed by atoms with Crippen molar-refractivity contribution in [3.8, 4) is 0 Å². The van der Waals surface area contributed by atoms with Gasteiger partial charge in [-0.05, 0) is 30.2 Å². The molecule has 0 aliphatic rings. The van der Waals surface area contributed by atoms with Gasteiger partial charge in [0, 0.05) is 17.4 Å². The topological polar surface area (TPSA) is 105 Å². The summed E-state index contributed by atoms with van der Waals surface area (Å²) in [6.07, 6.45) is 0.550. The fourth-order valence-electron chi connectivity index (χ4n) is 2.52. The zero-order valence-electron chi connectivity index (χ0n) is 13.1. The maximum absolute atomic E-state index is 12.3. The number of nitrogens with two attached hydrogens (primary N) is 1. The van der Waals surface area contributed by atoms with Crippen LogP contribution in [0.1, 0.15) is 16.1 Å². The smallest absolute Gasteiger partial charge is 0.269 e. The van der Waals surface area contributed by atoms with Crippen molar-refractivity contribution < 1.29 is 13.2 Å². The lowest BCUT2D eigenvalue weighted by Gasteiger charge is -2.05. The molecule has 0 spiro atoms. The monoisotopic (exact) mass is 377 g/mol. The van der Waals surface area contributed by atoms with Crippen molar-refractivity contribution in [2.45, 2.75) is 11.3 Å². The largest absolute Gasteiger partial charge is 0.350 e. The highest BCUT2D eigenvalue weighted by Gasteiger charge is 2.15. The standard InChI is InChI=1S/C17H16ClN3O3S/c18-15-13-3-1-2-4-14(13)21-16(15)17(22)20-10-9-11-5-7-12(8-6-11)25(19,23)24/h1-8,21H,9-10H2,(H,20,22)(H2,19,23,24). The Morgan fingerprint density at radius 3 is 2.44 bits per heavy atom. The third-order valence-electron chi connectivity index (χ3n) is 3.82. The summed E-state index contributed by atoms with van der Waals surface area (Å²) in [4.78, 5) is 15.4. The first-order valence-corrected chi connectivity index (χ1v) is 9.45. The number of amides is 1. The van der Waals surface area contributed by atoms with Crippen molar-refractivity contribution in [3.05, 3.63) is 64.8 Å². The highest BCUT2D eigenvalue weighted by molar-refractivity contribution is 7.89. The summed E-state index contributed by atoms with van der Waals surface area (Å²) in [5.74, 6) is -0.289. The van der Waals surface area contributed by atoms with Gasteiger partial charge < -0.3 is 10.3 Å². The van der Waals surface area contributed by atoms with Crippen LogP contribution in [0.15, 0.2) is 53.4 Å². The van der Waals surface area contributed by atoms with E-state index in [0.717, 1.165) is 16.5 Å². The van der Waals surface area contributed by atoms with Crippen LogP contribution in [0, 0.1) is 0 Å². The maximum atomic E-state index is 12.3. The van der Waals surface area contributed by atoms with E-state index < -0.39 is 10.0 Å². The van der Waals surface area contributed by atoms with E-state index in [-0.39, 0.29) is 10.8 Å². The second-order valence-corrected chi connectivity index (χ2v) is 7.49. The molecule has 0 saturated carbocycles. The predicted molar refractivity (Wildman–Crippen MR) is 97.2 cm³/mol. The number of benzene rings is 2. The second kappa shape index (κ2) is 6.87. The number of carbonyl (C=O) groups excluding carboxylic acids is 1. The minimum atomic E-state index is -3.70. The van der Waals surface area contributed by atoms with E-state index in [9.17, 15) is 13.2 Å². The van der Waals surface area contributed by atoms with Gasteiger partial charge in [0.1, 0.15) is 5.69 Å². The number of aromatic nitrogens is 1. The molecule has 1 aromatic heterocycles. The van der Waals surface area contributed by atoms with Crippen molar-refractivity contribution in [2.24, 2.45) is 5.14 Å². The van der Waals surface area contributed by atoms with Crippen LogP contribution in [0.3, 0.4) is 0 Å². The van der Waals surface area contributed by atoms with E-state index >= 15 is 0 Å². The van der Waals surface area contributed by atoms with Crippen LogP contribution < -0.4 is 10.5 Å². The van der Waals surface area contributed by atoms with E-state index in [2.05, 4.69) is 10.3 Å². The average molecular weight is 378 g/mol. The molecule has 8 heteroatoms. The third kappa shape index (κ3) is 3.84. The van der Waals surface area contributed by atoms with Crippen molar-refractivity contribution in [3.63, 3.8) is 0 Å². The number of aromatic amines is 1. The van der Waals surface area contributed by atoms with Crippen LogP contribution in [-0.4, -0.2) is 25.9 Å². The summed E-state index contributed by atoms with van der Waals surface area (Å²) in [5, 5.41) is 9.05. The van der Waals surface area contributed by atoms with Gasteiger partial charge in [-0.15, -0.1) is 0 Å². The van der Waals surface area contributed by atoms with E-state index in [4.69, 9.17) is 16.7 Å². The summed E-state index contributed by atoms with van der Waals surface area (Å²) in [5.41, 5.74) is 2.01. The van der Waals surface area contributed by atoms with Crippen LogP contribution in [0.25, 0.3) is 10.9 Å². The first-order valence-electron chi connectivity index (χ1n) is 7.52. The lowest BCUT2D eigenvalue weighted by Crippen LogP contribution is -2.26. The number of rotatable bonds is 5. The molecule has 0 aliphatic heterocycles. The first kappa shape index (κ1) is 17.5.